The number of alkyl halides is 2. The van der Waals surface area contributed by atoms with Crippen molar-refractivity contribution in [2.75, 3.05) is 11.9 Å². The number of anilines is 1. The first-order chi connectivity index (χ1) is 10.1. The highest BCUT2D eigenvalue weighted by atomic mass is 35.5. The molecule has 1 saturated carbocycles. The highest BCUT2D eigenvalue weighted by molar-refractivity contribution is 6.53. The summed E-state index contributed by atoms with van der Waals surface area (Å²) in [6.45, 7) is 1.06. The van der Waals surface area contributed by atoms with Gasteiger partial charge in [-0.2, -0.15) is 0 Å². The third kappa shape index (κ3) is 3.57. The van der Waals surface area contributed by atoms with Gasteiger partial charge in [0.2, 0.25) is 0 Å². The number of hydrogen-bond donors (Lipinski definition) is 1. The Morgan fingerprint density at radius 2 is 1.73 bits per heavy atom. The van der Waals surface area contributed by atoms with Gasteiger partial charge >= 0.3 is 5.97 Å². The number of amides is 1. The third-order valence-electron chi connectivity index (χ3n) is 3.31. The fourth-order valence-electron chi connectivity index (χ4n) is 1.75. The number of halogens is 5. The minimum atomic E-state index is -1.15. The van der Waals surface area contributed by atoms with Gasteiger partial charge in [-0.15, -0.1) is 23.2 Å². The molecule has 120 valence electrons. The van der Waals surface area contributed by atoms with Gasteiger partial charge in [-0.1, -0.05) is 34.8 Å². The number of carbonyl (C=O) groups is 2. The Balaban J connectivity index is 1.94. The lowest BCUT2D eigenvalue weighted by Crippen LogP contribution is -2.27. The Hall–Kier alpha value is -0.390. The van der Waals surface area contributed by atoms with E-state index in [0.29, 0.717) is 5.02 Å². The summed E-state index contributed by atoms with van der Waals surface area (Å²) in [5.74, 6) is -1.24. The number of hydrogen-bond acceptors (Lipinski definition) is 3. The molecule has 1 atom stereocenters. The SMILES string of the molecule is C[C@@]1(C(=O)OCC(=O)Nc2c(Cl)cc(Cl)cc2Cl)CC1(Cl)Cl. The minimum Gasteiger partial charge on any atom is -0.455 e. The Morgan fingerprint density at radius 3 is 2.18 bits per heavy atom. The van der Waals surface area contributed by atoms with Crippen LogP contribution in [0.4, 0.5) is 5.69 Å². The van der Waals surface area contributed by atoms with Gasteiger partial charge in [0.15, 0.2) is 6.61 Å². The van der Waals surface area contributed by atoms with E-state index < -0.39 is 28.2 Å². The minimum absolute atomic E-state index is 0.173. The fraction of sp³-hybridized carbons (Fsp3) is 0.385. The molecule has 1 aliphatic rings. The number of rotatable bonds is 4. The summed E-state index contributed by atoms with van der Waals surface area (Å²) in [7, 11) is 0. The molecule has 1 N–H and O–H groups in total. The van der Waals surface area contributed by atoms with Gasteiger partial charge in [-0.05, 0) is 19.1 Å². The highest BCUT2D eigenvalue weighted by Gasteiger charge is 2.69. The molecule has 22 heavy (non-hydrogen) atoms. The molecule has 2 rings (SSSR count). The molecular formula is C13H10Cl5NO3. The van der Waals surface area contributed by atoms with Gasteiger partial charge in [0.1, 0.15) is 9.75 Å². The van der Waals surface area contributed by atoms with Gasteiger partial charge in [-0.3, -0.25) is 9.59 Å². The molecule has 9 heteroatoms. The molecule has 0 aromatic heterocycles. The van der Waals surface area contributed by atoms with Crippen molar-refractivity contribution in [3.63, 3.8) is 0 Å². The van der Waals surface area contributed by atoms with E-state index >= 15 is 0 Å². The molecule has 0 spiro atoms. The molecule has 0 heterocycles. The third-order valence-corrected chi connectivity index (χ3v) is 5.23. The molecule has 0 bridgehead atoms. The van der Waals surface area contributed by atoms with Crippen LogP contribution in [0.1, 0.15) is 13.3 Å². The Bertz CT molecular complexity index is 626. The second-order valence-electron chi connectivity index (χ2n) is 5.08. The van der Waals surface area contributed by atoms with Crippen LogP contribution in [0, 0.1) is 5.41 Å². The maximum absolute atomic E-state index is 11.8. The van der Waals surface area contributed by atoms with Crippen LogP contribution in [0.25, 0.3) is 0 Å². The van der Waals surface area contributed by atoms with Crippen molar-refractivity contribution in [1.29, 1.82) is 0 Å². The lowest BCUT2D eigenvalue weighted by molar-refractivity contribution is -0.152. The highest BCUT2D eigenvalue weighted by Crippen LogP contribution is 2.64. The lowest BCUT2D eigenvalue weighted by Gasteiger charge is -2.13. The van der Waals surface area contributed by atoms with Crippen molar-refractivity contribution in [2.24, 2.45) is 5.41 Å². The molecule has 1 aliphatic carbocycles. The van der Waals surface area contributed by atoms with Crippen molar-refractivity contribution in [1.82, 2.24) is 0 Å². The van der Waals surface area contributed by atoms with E-state index in [-0.39, 0.29) is 22.2 Å². The first-order valence-corrected chi connectivity index (χ1v) is 7.95. The molecule has 1 aromatic carbocycles. The van der Waals surface area contributed by atoms with E-state index in [9.17, 15) is 9.59 Å². The largest absolute Gasteiger partial charge is 0.455 e. The zero-order valence-electron chi connectivity index (χ0n) is 11.2. The average Bonchev–Trinajstić information content (AvgIpc) is 2.91. The molecule has 0 unspecified atom stereocenters. The zero-order valence-corrected chi connectivity index (χ0v) is 15.0. The molecule has 0 aliphatic heterocycles. The van der Waals surface area contributed by atoms with E-state index in [1.54, 1.807) is 6.92 Å². The van der Waals surface area contributed by atoms with E-state index in [1.165, 1.54) is 12.1 Å². The molecular weight excluding hydrogens is 395 g/mol. The van der Waals surface area contributed by atoms with Crippen LogP contribution < -0.4 is 5.32 Å². The summed E-state index contributed by atoms with van der Waals surface area (Å²) in [5.41, 5.74) is -0.804. The predicted molar refractivity (Wildman–Crippen MR) is 88.2 cm³/mol. The molecule has 4 nitrogen and oxygen atoms in total. The second kappa shape index (κ2) is 6.25. The van der Waals surface area contributed by atoms with Crippen molar-refractivity contribution >= 4 is 75.6 Å². The van der Waals surface area contributed by atoms with Crippen molar-refractivity contribution in [3.05, 3.63) is 27.2 Å². The van der Waals surface area contributed by atoms with Crippen LogP contribution in [0.15, 0.2) is 12.1 Å². The average molecular weight is 405 g/mol. The van der Waals surface area contributed by atoms with Crippen LogP contribution in [-0.2, 0) is 14.3 Å². The van der Waals surface area contributed by atoms with Gasteiger partial charge in [-0.25, -0.2) is 0 Å². The maximum Gasteiger partial charge on any atom is 0.315 e. The zero-order chi connectivity index (χ0) is 16.7. The van der Waals surface area contributed by atoms with Crippen LogP contribution in [0.3, 0.4) is 0 Å². The van der Waals surface area contributed by atoms with E-state index in [4.69, 9.17) is 62.7 Å². The van der Waals surface area contributed by atoms with Crippen LogP contribution >= 0.6 is 58.0 Å². The molecule has 1 amide bonds. The van der Waals surface area contributed by atoms with Crippen LogP contribution in [0.5, 0.6) is 0 Å². The van der Waals surface area contributed by atoms with Gasteiger partial charge in [0, 0.05) is 11.4 Å². The molecule has 0 radical (unpaired) electrons. The van der Waals surface area contributed by atoms with Gasteiger partial charge in [0.25, 0.3) is 5.91 Å². The number of benzene rings is 1. The van der Waals surface area contributed by atoms with Crippen LogP contribution in [0.2, 0.25) is 15.1 Å². The predicted octanol–water partition coefficient (Wildman–Crippen LogP) is 4.71. The maximum atomic E-state index is 11.8. The summed E-state index contributed by atoms with van der Waals surface area (Å²) in [6, 6.07) is 2.86. The quantitative estimate of drug-likeness (QED) is 0.583. The first kappa shape index (κ1) is 18.0. The normalized spacial score (nSPS) is 22.1. The van der Waals surface area contributed by atoms with Crippen molar-refractivity contribution in [3.8, 4) is 0 Å². The summed E-state index contributed by atoms with van der Waals surface area (Å²) in [6.07, 6.45) is 0.276. The summed E-state index contributed by atoms with van der Waals surface area (Å²) >= 11 is 29.4. The van der Waals surface area contributed by atoms with E-state index in [0.717, 1.165) is 0 Å². The topological polar surface area (TPSA) is 55.4 Å². The molecule has 0 saturated heterocycles. The standard InChI is InChI=1S/C13H10Cl5NO3/c1-12(5-13(12,17)18)11(21)22-4-9(20)19-10-7(15)2-6(14)3-8(10)16/h2-3H,4-5H2,1H3,(H,19,20)/t12-/m0/s1. The fourth-order valence-corrected chi connectivity index (χ4v) is 3.35. The van der Waals surface area contributed by atoms with Crippen LogP contribution in [-0.4, -0.2) is 22.8 Å². The number of nitrogens with one attached hydrogen (secondary N) is 1. The van der Waals surface area contributed by atoms with Gasteiger partial charge in [0.05, 0.1) is 15.7 Å². The molecule has 1 aromatic rings. The molecule has 1 fully saturated rings. The second-order valence-corrected chi connectivity index (χ2v) is 7.82. The summed E-state index contributed by atoms with van der Waals surface area (Å²) < 4.78 is 3.76. The smallest absolute Gasteiger partial charge is 0.315 e. The Morgan fingerprint density at radius 1 is 1.23 bits per heavy atom. The number of ether oxygens (including phenoxy) is 1. The Kier molecular flexibility index (Phi) is 5.10. The Labute approximate surface area is 151 Å². The van der Waals surface area contributed by atoms with E-state index in [1.807, 2.05) is 0 Å². The monoisotopic (exact) mass is 403 g/mol. The summed E-state index contributed by atoms with van der Waals surface area (Å²) in [4.78, 5) is 23.6. The van der Waals surface area contributed by atoms with Gasteiger partial charge < -0.3 is 10.1 Å². The van der Waals surface area contributed by atoms with Crippen molar-refractivity contribution < 1.29 is 14.3 Å². The lowest BCUT2D eigenvalue weighted by atomic mass is 10.1. The first-order valence-electron chi connectivity index (χ1n) is 6.06. The van der Waals surface area contributed by atoms with E-state index in [2.05, 4.69) is 5.32 Å². The summed E-state index contributed by atoms with van der Waals surface area (Å²) in [5, 5.41) is 3.13. The number of carbonyl (C=O) groups excluding carboxylic acids is 2. The number of esters is 1. The van der Waals surface area contributed by atoms with Crippen molar-refractivity contribution in [2.45, 2.75) is 17.7 Å².